The lowest BCUT2D eigenvalue weighted by molar-refractivity contribution is 0.340. The summed E-state index contributed by atoms with van der Waals surface area (Å²) >= 11 is 2.94. The van der Waals surface area contributed by atoms with Crippen LogP contribution in [-0.4, -0.2) is 28.7 Å². The van der Waals surface area contributed by atoms with Gasteiger partial charge in [-0.05, 0) is 55.8 Å². The molecule has 0 aliphatic carbocycles. The number of thioether (sulfide) groups is 2. The van der Waals surface area contributed by atoms with Crippen LogP contribution in [0.3, 0.4) is 0 Å². The predicted molar refractivity (Wildman–Crippen MR) is 115 cm³/mol. The highest BCUT2D eigenvalue weighted by molar-refractivity contribution is 7.98. The molecule has 28 heavy (non-hydrogen) atoms. The van der Waals surface area contributed by atoms with Crippen molar-refractivity contribution in [3.05, 3.63) is 64.4 Å². The Hall–Kier alpha value is -2.69. The van der Waals surface area contributed by atoms with Crippen LogP contribution < -0.4 is 10.3 Å². The summed E-state index contributed by atoms with van der Waals surface area (Å²) in [4.78, 5) is 18.9. The molecule has 0 aliphatic heterocycles. The zero-order valence-corrected chi connectivity index (χ0v) is 17.4. The molecular weight excluding hydrogens is 390 g/mol. The summed E-state index contributed by atoms with van der Waals surface area (Å²) in [5.74, 6) is 1.23. The maximum absolute atomic E-state index is 13.2. The summed E-state index contributed by atoms with van der Waals surface area (Å²) in [5, 5.41) is 9.94. The highest BCUT2D eigenvalue weighted by atomic mass is 32.2. The lowest BCUT2D eigenvalue weighted by Crippen LogP contribution is -2.25. The molecule has 0 N–H and O–H groups in total. The Morgan fingerprint density at radius 3 is 2.29 bits per heavy atom. The van der Waals surface area contributed by atoms with Gasteiger partial charge in [0.25, 0.3) is 5.56 Å². The highest BCUT2D eigenvalue weighted by Crippen LogP contribution is 2.27. The Morgan fingerprint density at radius 1 is 1.07 bits per heavy atom. The van der Waals surface area contributed by atoms with Crippen LogP contribution in [0.25, 0.3) is 17.1 Å². The molecule has 2 aromatic carbocycles. The van der Waals surface area contributed by atoms with Crippen molar-refractivity contribution in [1.82, 2.24) is 9.55 Å². The molecule has 0 unspecified atom stereocenters. The van der Waals surface area contributed by atoms with Crippen LogP contribution in [0.2, 0.25) is 0 Å². The third-order valence-electron chi connectivity index (χ3n) is 4.11. The lowest BCUT2D eigenvalue weighted by atomic mass is 10.2. The molecule has 0 fully saturated rings. The van der Waals surface area contributed by atoms with Gasteiger partial charge in [0, 0.05) is 10.5 Å². The van der Waals surface area contributed by atoms with Crippen LogP contribution in [0.15, 0.2) is 63.2 Å². The van der Waals surface area contributed by atoms with Gasteiger partial charge in [-0.2, -0.15) is 5.26 Å². The maximum atomic E-state index is 13.2. The molecule has 7 heteroatoms. The lowest BCUT2D eigenvalue weighted by Gasteiger charge is -2.15. The monoisotopic (exact) mass is 409 g/mol. The summed E-state index contributed by atoms with van der Waals surface area (Å²) in [6.45, 7) is 2.48. The molecule has 0 amide bonds. The van der Waals surface area contributed by atoms with E-state index in [1.807, 2.05) is 49.8 Å². The number of nitriles is 1. The molecule has 142 valence electrons. The van der Waals surface area contributed by atoms with E-state index in [0.717, 1.165) is 16.2 Å². The summed E-state index contributed by atoms with van der Waals surface area (Å²) < 4.78 is 6.98. The van der Waals surface area contributed by atoms with E-state index in [1.165, 1.54) is 16.3 Å². The van der Waals surface area contributed by atoms with E-state index in [1.54, 1.807) is 36.0 Å². The van der Waals surface area contributed by atoms with Crippen molar-refractivity contribution in [3.63, 3.8) is 0 Å². The molecule has 0 bridgehead atoms. The second kappa shape index (κ2) is 9.00. The van der Waals surface area contributed by atoms with Crippen LogP contribution in [0, 0.1) is 11.3 Å². The fourth-order valence-electron chi connectivity index (χ4n) is 2.78. The van der Waals surface area contributed by atoms with E-state index in [-0.39, 0.29) is 11.1 Å². The number of nitrogens with zero attached hydrogens (tertiary/aromatic N) is 3. The number of aromatic nitrogens is 2. The van der Waals surface area contributed by atoms with E-state index in [9.17, 15) is 10.1 Å². The fraction of sp³-hybridized carbons (Fsp3) is 0.190. The van der Waals surface area contributed by atoms with Crippen molar-refractivity contribution < 1.29 is 4.74 Å². The molecule has 3 rings (SSSR count). The zero-order valence-electron chi connectivity index (χ0n) is 15.8. The second-order valence-corrected chi connectivity index (χ2v) is 7.40. The normalized spacial score (nSPS) is 10.5. The average Bonchev–Trinajstić information content (AvgIpc) is 2.74. The molecular formula is C21H19N3O2S2. The molecule has 3 aromatic rings. The molecule has 0 saturated heterocycles. The van der Waals surface area contributed by atoms with Gasteiger partial charge in [-0.3, -0.25) is 9.36 Å². The Kier molecular flexibility index (Phi) is 6.45. The van der Waals surface area contributed by atoms with Crippen molar-refractivity contribution in [2.24, 2.45) is 0 Å². The predicted octanol–water partition coefficient (Wildman–Crippen LogP) is 4.61. The average molecular weight is 410 g/mol. The van der Waals surface area contributed by atoms with Crippen molar-refractivity contribution in [2.45, 2.75) is 16.8 Å². The number of benzene rings is 2. The minimum absolute atomic E-state index is 0.0471. The van der Waals surface area contributed by atoms with Crippen molar-refractivity contribution in [1.29, 1.82) is 5.26 Å². The third kappa shape index (κ3) is 3.93. The molecule has 0 saturated carbocycles. The van der Waals surface area contributed by atoms with Crippen LogP contribution in [0.1, 0.15) is 12.5 Å². The van der Waals surface area contributed by atoms with Gasteiger partial charge < -0.3 is 4.74 Å². The van der Waals surface area contributed by atoms with Crippen LogP contribution >= 0.6 is 23.5 Å². The van der Waals surface area contributed by atoms with E-state index >= 15 is 0 Å². The highest BCUT2D eigenvalue weighted by Gasteiger charge is 2.18. The quantitative estimate of drug-likeness (QED) is 0.437. The Balaban J connectivity index is 2.26. The largest absolute Gasteiger partial charge is 0.494 e. The number of hydrogen-bond donors (Lipinski definition) is 0. The van der Waals surface area contributed by atoms with Crippen LogP contribution in [-0.2, 0) is 0 Å². The Morgan fingerprint density at radius 2 is 1.75 bits per heavy atom. The molecule has 0 radical (unpaired) electrons. The van der Waals surface area contributed by atoms with Gasteiger partial charge in [0.1, 0.15) is 28.2 Å². The van der Waals surface area contributed by atoms with Gasteiger partial charge in [-0.25, -0.2) is 4.98 Å². The van der Waals surface area contributed by atoms with Crippen LogP contribution in [0.4, 0.5) is 0 Å². The van der Waals surface area contributed by atoms with Gasteiger partial charge in [0.05, 0.1) is 12.3 Å². The molecule has 0 spiro atoms. The standard InChI is InChI=1S/C21H19N3O2S2/c1-4-26-16-9-7-15(8-10-16)24-19(14-5-11-17(27-2)12-6-14)23-20(28-3)18(13-22)21(24)25/h5-12H,4H2,1-3H3. The molecule has 1 heterocycles. The van der Waals surface area contributed by atoms with Gasteiger partial charge in [0.15, 0.2) is 0 Å². The number of ether oxygens (including phenoxy) is 1. The fourth-order valence-corrected chi connectivity index (χ4v) is 3.70. The maximum Gasteiger partial charge on any atom is 0.277 e. The third-order valence-corrected chi connectivity index (χ3v) is 5.54. The minimum atomic E-state index is -0.380. The van der Waals surface area contributed by atoms with Crippen molar-refractivity contribution >= 4 is 23.5 Å². The number of rotatable bonds is 6. The summed E-state index contributed by atoms with van der Waals surface area (Å²) in [6.07, 6.45) is 3.82. The van der Waals surface area contributed by atoms with Crippen molar-refractivity contribution in [3.8, 4) is 28.9 Å². The van der Waals surface area contributed by atoms with E-state index in [4.69, 9.17) is 4.74 Å². The first-order chi connectivity index (χ1) is 13.6. The molecule has 0 atom stereocenters. The zero-order chi connectivity index (χ0) is 20.1. The second-order valence-electron chi connectivity index (χ2n) is 5.73. The van der Waals surface area contributed by atoms with E-state index in [2.05, 4.69) is 4.98 Å². The van der Waals surface area contributed by atoms with Gasteiger partial charge in [0.2, 0.25) is 0 Å². The summed E-state index contributed by atoms with van der Waals surface area (Å²) in [5.41, 5.74) is 1.11. The molecule has 5 nitrogen and oxygen atoms in total. The first-order valence-electron chi connectivity index (χ1n) is 8.61. The van der Waals surface area contributed by atoms with E-state index < -0.39 is 0 Å². The number of hydrogen-bond acceptors (Lipinski definition) is 6. The van der Waals surface area contributed by atoms with E-state index in [0.29, 0.717) is 23.1 Å². The van der Waals surface area contributed by atoms with Crippen LogP contribution in [0.5, 0.6) is 5.75 Å². The topological polar surface area (TPSA) is 67.9 Å². The summed E-state index contributed by atoms with van der Waals surface area (Å²) in [6, 6.07) is 17.1. The summed E-state index contributed by atoms with van der Waals surface area (Å²) in [7, 11) is 0. The van der Waals surface area contributed by atoms with Gasteiger partial charge in [-0.15, -0.1) is 23.5 Å². The first kappa shape index (κ1) is 20.1. The van der Waals surface area contributed by atoms with Crippen molar-refractivity contribution in [2.75, 3.05) is 19.1 Å². The Bertz CT molecular complexity index is 1070. The minimum Gasteiger partial charge on any atom is -0.494 e. The first-order valence-corrected chi connectivity index (χ1v) is 11.1. The SMILES string of the molecule is CCOc1ccc(-n2c(-c3ccc(SC)cc3)nc(SC)c(C#N)c2=O)cc1. The van der Waals surface area contributed by atoms with Gasteiger partial charge in [-0.1, -0.05) is 12.1 Å². The molecule has 0 aliphatic rings. The smallest absolute Gasteiger partial charge is 0.277 e. The Labute approximate surface area is 172 Å². The van der Waals surface area contributed by atoms with Gasteiger partial charge >= 0.3 is 0 Å². The molecule has 1 aromatic heterocycles.